The van der Waals surface area contributed by atoms with Gasteiger partial charge < -0.3 is 9.84 Å². The second-order valence-electron chi connectivity index (χ2n) is 4.63. The zero-order valence-corrected chi connectivity index (χ0v) is 12.2. The standard InChI is InChI=1S/C15H19N3O3/c1-3-5-10-18-14(13(15(19)20)16-17-18)11-6-8-12(9-7-11)21-4-2/h6-9H,3-5,10H2,1-2H3,(H,19,20). The average molecular weight is 289 g/mol. The minimum atomic E-state index is -1.07. The number of hydrogen-bond acceptors (Lipinski definition) is 4. The van der Waals surface area contributed by atoms with Crippen LogP contribution in [0.5, 0.6) is 5.75 Å². The normalized spacial score (nSPS) is 10.6. The molecule has 0 aliphatic carbocycles. The molecule has 0 unspecified atom stereocenters. The van der Waals surface area contributed by atoms with Crippen LogP contribution in [0, 0.1) is 0 Å². The topological polar surface area (TPSA) is 77.2 Å². The third kappa shape index (κ3) is 3.39. The summed E-state index contributed by atoms with van der Waals surface area (Å²) in [6.07, 6.45) is 1.93. The van der Waals surface area contributed by atoms with E-state index in [0.717, 1.165) is 24.2 Å². The van der Waals surface area contributed by atoms with Crippen molar-refractivity contribution >= 4 is 5.97 Å². The lowest BCUT2D eigenvalue weighted by molar-refractivity contribution is 0.0691. The number of benzene rings is 1. The van der Waals surface area contributed by atoms with E-state index in [2.05, 4.69) is 17.2 Å². The molecule has 1 heterocycles. The molecule has 0 radical (unpaired) electrons. The summed E-state index contributed by atoms with van der Waals surface area (Å²) >= 11 is 0. The highest BCUT2D eigenvalue weighted by Gasteiger charge is 2.20. The van der Waals surface area contributed by atoms with E-state index in [4.69, 9.17) is 4.74 Å². The fraction of sp³-hybridized carbons (Fsp3) is 0.400. The number of aryl methyl sites for hydroxylation is 1. The summed E-state index contributed by atoms with van der Waals surface area (Å²) in [7, 11) is 0. The van der Waals surface area contributed by atoms with Gasteiger partial charge in [-0.1, -0.05) is 18.6 Å². The van der Waals surface area contributed by atoms with Crippen LogP contribution >= 0.6 is 0 Å². The maximum Gasteiger partial charge on any atom is 0.358 e. The number of nitrogens with zero attached hydrogens (tertiary/aromatic N) is 3. The molecule has 0 spiro atoms. The summed E-state index contributed by atoms with van der Waals surface area (Å²) in [5, 5.41) is 17.0. The number of carboxylic acids is 1. The Balaban J connectivity index is 2.39. The first-order valence-electron chi connectivity index (χ1n) is 7.07. The van der Waals surface area contributed by atoms with E-state index in [1.165, 1.54) is 0 Å². The summed E-state index contributed by atoms with van der Waals surface area (Å²) in [6, 6.07) is 7.31. The molecule has 2 aromatic rings. The Morgan fingerprint density at radius 3 is 2.57 bits per heavy atom. The van der Waals surface area contributed by atoms with Crippen LogP contribution in [0.25, 0.3) is 11.3 Å². The van der Waals surface area contributed by atoms with Crippen molar-refractivity contribution in [2.75, 3.05) is 6.61 Å². The Bertz CT molecular complexity index is 605. The average Bonchev–Trinajstić information content (AvgIpc) is 2.90. The van der Waals surface area contributed by atoms with Gasteiger partial charge in [-0.15, -0.1) is 5.10 Å². The fourth-order valence-corrected chi connectivity index (χ4v) is 2.08. The van der Waals surface area contributed by atoms with Gasteiger partial charge in [0.25, 0.3) is 0 Å². The molecule has 2 rings (SSSR count). The maximum atomic E-state index is 11.3. The number of aromatic carboxylic acids is 1. The van der Waals surface area contributed by atoms with Crippen LogP contribution in [0.1, 0.15) is 37.2 Å². The van der Waals surface area contributed by atoms with E-state index in [-0.39, 0.29) is 5.69 Å². The number of carboxylic acid groups (broad SMARTS) is 1. The lowest BCUT2D eigenvalue weighted by atomic mass is 10.1. The minimum Gasteiger partial charge on any atom is -0.494 e. The second-order valence-corrected chi connectivity index (χ2v) is 4.63. The van der Waals surface area contributed by atoms with Crippen molar-refractivity contribution in [2.45, 2.75) is 33.2 Å². The highest BCUT2D eigenvalue weighted by atomic mass is 16.5. The van der Waals surface area contributed by atoms with Crippen LogP contribution in [0.2, 0.25) is 0 Å². The summed E-state index contributed by atoms with van der Waals surface area (Å²) < 4.78 is 7.05. The SMILES string of the molecule is CCCCn1nnc(C(=O)O)c1-c1ccc(OCC)cc1. The molecule has 0 aliphatic rings. The summed E-state index contributed by atoms with van der Waals surface area (Å²) in [5.41, 5.74) is 1.30. The zero-order chi connectivity index (χ0) is 15.2. The molecule has 21 heavy (non-hydrogen) atoms. The van der Waals surface area contributed by atoms with E-state index in [0.29, 0.717) is 18.8 Å². The van der Waals surface area contributed by atoms with E-state index in [9.17, 15) is 9.90 Å². The molecule has 0 amide bonds. The summed E-state index contributed by atoms with van der Waals surface area (Å²) in [4.78, 5) is 11.3. The molecule has 1 N–H and O–H groups in total. The second kappa shape index (κ2) is 6.88. The van der Waals surface area contributed by atoms with Gasteiger partial charge in [0.05, 0.1) is 6.61 Å². The van der Waals surface area contributed by atoms with Gasteiger partial charge >= 0.3 is 5.97 Å². The summed E-state index contributed by atoms with van der Waals surface area (Å²) in [6.45, 7) is 5.24. The van der Waals surface area contributed by atoms with Gasteiger partial charge in [0, 0.05) is 12.1 Å². The number of ether oxygens (including phenoxy) is 1. The Morgan fingerprint density at radius 1 is 1.29 bits per heavy atom. The van der Waals surface area contributed by atoms with Crippen molar-refractivity contribution in [3.8, 4) is 17.0 Å². The predicted molar refractivity (Wildman–Crippen MR) is 78.5 cm³/mol. The van der Waals surface area contributed by atoms with E-state index < -0.39 is 5.97 Å². The lowest BCUT2D eigenvalue weighted by Gasteiger charge is -2.08. The molecule has 0 saturated carbocycles. The first-order chi connectivity index (χ1) is 10.2. The molecular formula is C15H19N3O3. The van der Waals surface area contributed by atoms with Gasteiger partial charge in [-0.3, -0.25) is 0 Å². The number of carbonyl (C=O) groups is 1. The van der Waals surface area contributed by atoms with Crippen LogP contribution in [0.4, 0.5) is 0 Å². The lowest BCUT2D eigenvalue weighted by Crippen LogP contribution is -2.05. The predicted octanol–water partition coefficient (Wildman–Crippen LogP) is 2.84. The van der Waals surface area contributed by atoms with Gasteiger partial charge in [0.2, 0.25) is 0 Å². The first kappa shape index (κ1) is 15.0. The molecule has 0 bridgehead atoms. The number of hydrogen-bond donors (Lipinski definition) is 1. The Hall–Kier alpha value is -2.37. The van der Waals surface area contributed by atoms with Crippen LogP contribution in [-0.2, 0) is 6.54 Å². The molecule has 0 aliphatic heterocycles. The van der Waals surface area contributed by atoms with Crippen molar-refractivity contribution in [3.63, 3.8) is 0 Å². The minimum absolute atomic E-state index is 0.0183. The molecule has 0 saturated heterocycles. The molecule has 6 heteroatoms. The van der Waals surface area contributed by atoms with Gasteiger partial charge in [-0.25, -0.2) is 9.48 Å². The third-order valence-corrected chi connectivity index (χ3v) is 3.10. The van der Waals surface area contributed by atoms with Crippen LogP contribution in [0.3, 0.4) is 0 Å². The first-order valence-corrected chi connectivity index (χ1v) is 7.07. The number of unbranched alkanes of at least 4 members (excludes halogenated alkanes) is 1. The molecule has 6 nitrogen and oxygen atoms in total. The smallest absolute Gasteiger partial charge is 0.358 e. The van der Waals surface area contributed by atoms with E-state index in [1.54, 1.807) is 4.68 Å². The third-order valence-electron chi connectivity index (χ3n) is 3.10. The van der Waals surface area contributed by atoms with E-state index >= 15 is 0 Å². The molecular weight excluding hydrogens is 270 g/mol. The molecule has 1 aromatic heterocycles. The maximum absolute atomic E-state index is 11.3. The number of aromatic nitrogens is 3. The Kier molecular flexibility index (Phi) is 4.92. The van der Waals surface area contributed by atoms with Crippen molar-refractivity contribution in [2.24, 2.45) is 0 Å². The Morgan fingerprint density at radius 2 is 2.00 bits per heavy atom. The van der Waals surface area contributed by atoms with Crippen molar-refractivity contribution in [1.82, 2.24) is 15.0 Å². The summed E-state index contributed by atoms with van der Waals surface area (Å²) in [5.74, 6) is -0.313. The molecule has 0 fully saturated rings. The van der Waals surface area contributed by atoms with Crippen molar-refractivity contribution < 1.29 is 14.6 Å². The van der Waals surface area contributed by atoms with Gasteiger partial charge in [0.1, 0.15) is 11.4 Å². The van der Waals surface area contributed by atoms with Gasteiger partial charge in [-0.05, 0) is 37.6 Å². The van der Waals surface area contributed by atoms with Crippen LogP contribution in [-0.4, -0.2) is 32.7 Å². The molecule has 1 aromatic carbocycles. The Labute approximate surface area is 123 Å². The number of rotatable bonds is 7. The van der Waals surface area contributed by atoms with Gasteiger partial charge in [-0.2, -0.15) is 0 Å². The van der Waals surface area contributed by atoms with Crippen LogP contribution < -0.4 is 4.74 Å². The zero-order valence-electron chi connectivity index (χ0n) is 12.2. The van der Waals surface area contributed by atoms with Gasteiger partial charge in [0.15, 0.2) is 5.69 Å². The molecule has 112 valence electrons. The quantitative estimate of drug-likeness (QED) is 0.848. The highest BCUT2D eigenvalue weighted by molar-refractivity contribution is 5.92. The fourth-order valence-electron chi connectivity index (χ4n) is 2.08. The van der Waals surface area contributed by atoms with Crippen molar-refractivity contribution in [3.05, 3.63) is 30.0 Å². The van der Waals surface area contributed by atoms with E-state index in [1.807, 2.05) is 31.2 Å². The monoisotopic (exact) mass is 289 g/mol. The molecule has 0 atom stereocenters. The largest absolute Gasteiger partial charge is 0.494 e. The van der Waals surface area contributed by atoms with Crippen LogP contribution in [0.15, 0.2) is 24.3 Å². The van der Waals surface area contributed by atoms with Crippen molar-refractivity contribution in [1.29, 1.82) is 0 Å². The highest BCUT2D eigenvalue weighted by Crippen LogP contribution is 2.25.